The first-order chi connectivity index (χ1) is 22.3. The number of ether oxygens (including phenoxy) is 6. The number of carbonyl (C=O) groups is 3. The van der Waals surface area contributed by atoms with Crippen LogP contribution in [-0.4, -0.2) is 110 Å². The Labute approximate surface area is 276 Å². The number of hydrogen-bond acceptors (Lipinski definition) is 11. The Morgan fingerprint density at radius 1 is 1.17 bits per heavy atom. The molecule has 1 amide bonds. The van der Waals surface area contributed by atoms with Crippen LogP contribution in [0.1, 0.15) is 55.9 Å². The molecule has 248 valence electrons. The maximum atomic E-state index is 13.6. The van der Waals surface area contributed by atoms with E-state index in [9.17, 15) is 19.5 Å². The molecule has 13 nitrogen and oxygen atoms in total. The molecule has 1 aromatic carbocycles. The third-order valence-electron chi connectivity index (χ3n) is 7.74. The van der Waals surface area contributed by atoms with Crippen molar-refractivity contribution in [2.75, 3.05) is 27.1 Å². The lowest BCUT2D eigenvalue weighted by Gasteiger charge is -2.23. The van der Waals surface area contributed by atoms with Crippen LogP contribution >= 0.6 is 0 Å². The summed E-state index contributed by atoms with van der Waals surface area (Å²) in [6.45, 7) is 6.98. The molecule has 0 aliphatic carbocycles. The van der Waals surface area contributed by atoms with Crippen molar-refractivity contribution in [1.29, 1.82) is 0 Å². The average Bonchev–Trinajstić information content (AvgIpc) is 3.60. The van der Waals surface area contributed by atoms with Crippen molar-refractivity contribution in [3.8, 4) is 11.5 Å². The van der Waals surface area contributed by atoms with E-state index in [-0.39, 0.29) is 49.5 Å². The van der Waals surface area contributed by atoms with E-state index in [1.165, 1.54) is 30.5 Å². The number of methoxy groups -OCH3 is 1. The van der Waals surface area contributed by atoms with E-state index in [0.717, 1.165) is 4.57 Å². The molecule has 0 saturated carbocycles. The number of esters is 1. The first-order valence-electron chi connectivity index (χ1n) is 15.2. The summed E-state index contributed by atoms with van der Waals surface area (Å²) in [5.41, 5.74) is 0.583. The molecule has 0 spiro atoms. The van der Waals surface area contributed by atoms with Gasteiger partial charge in [-0.3, -0.25) is 14.2 Å². The lowest BCUT2D eigenvalue weighted by Crippen LogP contribution is -2.34. The van der Waals surface area contributed by atoms with Crippen LogP contribution in [0.15, 0.2) is 42.8 Å². The first-order valence-corrected chi connectivity index (χ1v) is 15.2. The van der Waals surface area contributed by atoms with Gasteiger partial charge in [0.1, 0.15) is 47.8 Å². The summed E-state index contributed by atoms with van der Waals surface area (Å²) in [6, 6.07) is 3.17. The fraction of sp³-hybridized carbons (Fsp3) is 0.500. The number of benzene rings is 1. The zero-order valence-corrected chi connectivity index (χ0v) is 27.2. The Hall–Kier alpha value is -3.91. The van der Waals surface area contributed by atoms with E-state index in [1.807, 2.05) is 13.0 Å². The van der Waals surface area contributed by atoms with Crippen molar-refractivity contribution < 1.29 is 47.9 Å². The van der Waals surface area contributed by atoms with Crippen molar-refractivity contribution in [2.45, 2.75) is 70.9 Å². The fourth-order valence-corrected chi connectivity index (χ4v) is 5.20. The van der Waals surface area contributed by atoms with Crippen LogP contribution in [0.3, 0.4) is 0 Å². The molecule has 3 heterocycles. The van der Waals surface area contributed by atoms with Crippen LogP contribution in [0, 0.1) is 5.92 Å². The number of imidazole rings is 1. The highest BCUT2D eigenvalue weighted by atomic mass is 16.8. The summed E-state index contributed by atoms with van der Waals surface area (Å²) >= 11 is 0. The van der Waals surface area contributed by atoms with Crippen LogP contribution in [0.25, 0.3) is 6.08 Å². The summed E-state index contributed by atoms with van der Waals surface area (Å²) in [7, 11) is 12.4. The third-order valence-corrected chi connectivity index (χ3v) is 7.74. The number of fused-ring (bicyclic) bond motifs is 2. The standard InChI is InChI=1S/C32H39B2N3O10/c1-19-9-10-23(38)28-24(46-32(3,4)47-28)8-6-7-21-15-22(16-25(44-18-42-5)27(21)29(39)45-20(19)2)43-14-13-36(30(33)40)17-26-35-11-12-37(26)31(34)41/h6-7,9-12,15-16,19-20,23-24,28,38H,8,13-14,17-18H2,1-5H3/t19-,20+,23?,24+,28?/m1/s1. The van der Waals surface area contributed by atoms with Gasteiger partial charge in [-0.15, -0.1) is 0 Å². The lowest BCUT2D eigenvalue weighted by molar-refractivity contribution is -0.152. The quantitative estimate of drug-likeness (QED) is 0.185. The van der Waals surface area contributed by atoms with Crippen molar-refractivity contribution in [1.82, 2.24) is 14.5 Å². The number of aliphatic hydroxyl groups is 1. The topological polar surface area (TPSA) is 148 Å². The molecule has 47 heavy (non-hydrogen) atoms. The van der Waals surface area contributed by atoms with Gasteiger partial charge < -0.3 is 38.4 Å². The van der Waals surface area contributed by atoms with E-state index in [0.29, 0.717) is 17.7 Å². The molecule has 2 aliphatic rings. The maximum absolute atomic E-state index is 13.6. The van der Waals surface area contributed by atoms with Crippen LogP contribution in [0.5, 0.6) is 11.5 Å². The number of rotatable bonds is 9. The van der Waals surface area contributed by atoms with Crippen LogP contribution in [0.2, 0.25) is 0 Å². The fourth-order valence-electron chi connectivity index (χ4n) is 5.20. The molecule has 4 rings (SSSR count). The Morgan fingerprint density at radius 2 is 1.94 bits per heavy atom. The van der Waals surface area contributed by atoms with Crippen molar-refractivity contribution in [3.05, 3.63) is 59.7 Å². The second-order valence-corrected chi connectivity index (χ2v) is 11.7. The Balaban J connectivity index is 1.64. The van der Waals surface area contributed by atoms with E-state index in [1.54, 1.807) is 45.1 Å². The highest BCUT2D eigenvalue weighted by Crippen LogP contribution is 2.35. The molecule has 1 fully saturated rings. The molecule has 0 bridgehead atoms. The smallest absolute Gasteiger partial charge is 0.342 e. The van der Waals surface area contributed by atoms with E-state index < -0.39 is 47.8 Å². The minimum atomic E-state index is -0.944. The van der Waals surface area contributed by atoms with E-state index in [4.69, 9.17) is 44.1 Å². The molecular weight excluding hydrogens is 608 g/mol. The number of aromatic nitrogens is 2. The SMILES string of the molecule is [B]C(=O)N(CCOc1cc2c(c(OCOC)c1)C(=O)O[C@@H](C)[C@H](C)C=CC(O)C1OC(C)(C)O[C@H]1CC=C2)Cc1nccn1C([B])=O. The Kier molecular flexibility index (Phi) is 12.1. The molecule has 1 aromatic heterocycles. The average molecular weight is 647 g/mol. The van der Waals surface area contributed by atoms with Gasteiger partial charge in [-0.2, -0.15) is 0 Å². The summed E-state index contributed by atoms with van der Waals surface area (Å²) in [5.74, 6) is -2.58. The first kappa shape index (κ1) is 35.9. The monoisotopic (exact) mass is 647 g/mol. The van der Waals surface area contributed by atoms with Gasteiger partial charge in [0.05, 0.1) is 19.2 Å². The number of amides is 1. The predicted octanol–water partition coefficient (Wildman–Crippen LogP) is 3.21. The Bertz CT molecular complexity index is 1490. The number of aliphatic hydroxyl groups excluding tert-OH is 1. The summed E-state index contributed by atoms with van der Waals surface area (Å²) in [6.07, 6.45) is 7.48. The second kappa shape index (κ2) is 15.8. The largest absolute Gasteiger partial charge is 0.492 e. The molecule has 15 heteroatoms. The molecule has 2 aromatic rings. The molecule has 5 atom stereocenters. The van der Waals surface area contributed by atoms with Gasteiger partial charge in [0.15, 0.2) is 24.2 Å². The van der Waals surface area contributed by atoms with Gasteiger partial charge >= 0.3 is 5.97 Å². The summed E-state index contributed by atoms with van der Waals surface area (Å²) < 4.78 is 36.0. The van der Waals surface area contributed by atoms with E-state index in [2.05, 4.69) is 4.98 Å². The van der Waals surface area contributed by atoms with E-state index >= 15 is 0 Å². The zero-order chi connectivity index (χ0) is 34.3. The lowest BCUT2D eigenvalue weighted by atomic mass is 9.99. The molecule has 2 unspecified atom stereocenters. The third kappa shape index (κ3) is 9.34. The number of nitrogens with zero attached hydrogens (tertiary/aromatic N) is 3. The predicted molar refractivity (Wildman–Crippen MR) is 171 cm³/mol. The molecule has 2 aliphatic heterocycles. The van der Waals surface area contributed by atoms with Gasteiger partial charge in [0.25, 0.3) is 0 Å². The zero-order valence-electron chi connectivity index (χ0n) is 27.2. The van der Waals surface area contributed by atoms with Crippen LogP contribution in [0.4, 0.5) is 9.59 Å². The Morgan fingerprint density at radius 3 is 2.64 bits per heavy atom. The van der Waals surface area contributed by atoms with Gasteiger partial charge in [-0.1, -0.05) is 31.2 Å². The van der Waals surface area contributed by atoms with Crippen molar-refractivity contribution in [2.24, 2.45) is 5.92 Å². The van der Waals surface area contributed by atoms with Crippen molar-refractivity contribution in [3.63, 3.8) is 0 Å². The highest BCUT2D eigenvalue weighted by Gasteiger charge is 2.43. The minimum absolute atomic E-state index is 0.0142. The van der Waals surface area contributed by atoms with Gasteiger partial charge in [0.2, 0.25) is 15.7 Å². The normalized spacial score (nSPS) is 24.0. The summed E-state index contributed by atoms with van der Waals surface area (Å²) in [5, 5.41) is 10.9. The molecule has 1 saturated heterocycles. The summed E-state index contributed by atoms with van der Waals surface area (Å²) in [4.78, 5) is 42.8. The second-order valence-electron chi connectivity index (χ2n) is 11.7. The number of cyclic esters (lactones) is 1. The molecule has 1 N–H and O–H groups in total. The van der Waals surface area contributed by atoms with Gasteiger partial charge in [-0.25, -0.2) is 9.78 Å². The molecule has 4 radical (unpaired) electrons. The van der Waals surface area contributed by atoms with Crippen LogP contribution < -0.4 is 9.47 Å². The minimum Gasteiger partial charge on any atom is -0.492 e. The van der Waals surface area contributed by atoms with Crippen molar-refractivity contribution >= 4 is 39.4 Å². The molecular formula is C32H39B2N3O10. The highest BCUT2D eigenvalue weighted by molar-refractivity contribution is 6.57. The van der Waals surface area contributed by atoms with Gasteiger partial charge in [-0.05, 0) is 38.8 Å². The number of hydrogen-bond donors (Lipinski definition) is 1. The van der Waals surface area contributed by atoms with Crippen LogP contribution in [-0.2, 0) is 25.5 Å². The van der Waals surface area contributed by atoms with Gasteiger partial charge in [0, 0.05) is 31.5 Å². The maximum Gasteiger partial charge on any atom is 0.342 e. The number of carbonyl (C=O) groups excluding carboxylic acids is 3.